The van der Waals surface area contributed by atoms with Crippen LogP contribution in [0.2, 0.25) is 0 Å². The maximum absolute atomic E-state index is 12.2. The monoisotopic (exact) mass is 406 g/mol. The summed E-state index contributed by atoms with van der Waals surface area (Å²) < 4.78 is 0.901. The van der Waals surface area contributed by atoms with Crippen LogP contribution in [0.1, 0.15) is 12.5 Å². The number of rotatable bonds is 6. The van der Waals surface area contributed by atoms with Crippen LogP contribution in [-0.2, 0) is 9.59 Å². The Morgan fingerprint density at radius 2 is 1.79 bits per heavy atom. The van der Waals surface area contributed by atoms with Gasteiger partial charge in [-0.1, -0.05) is 39.7 Å². The predicted octanol–water partition coefficient (Wildman–Crippen LogP) is 4.46. The Bertz CT molecular complexity index is 719. The van der Waals surface area contributed by atoms with Gasteiger partial charge >= 0.3 is 0 Å². The molecule has 0 aromatic heterocycles. The average Bonchev–Trinajstić information content (AvgIpc) is 2.54. The van der Waals surface area contributed by atoms with E-state index in [1.165, 1.54) is 11.8 Å². The molecule has 0 aliphatic rings. The summed E-state index contributed by atoms with van der Waals surface area (Å²) in [6.45, 7) is 3.78. The Morgan fingerprint density at radius 3 is 2.46 bits per heavy atom. The molecule has 126 valence electrons. The van der Waals surface area contributed by atoms with Crippen LogP contribution in [0.3, 0.4) is 0 Å². The number of carbonyl (C=O) groups is 2. The summed E-state index contributed by atoms with van der Waals surface area (Å²) >= 11 is 4.67. The molecular weight excluding hydrogens is 388 g/mol. The van der Waals surface area contributed by atoms with Gasteiger partial charge in [-0.25, -0.2) is 0 Å². The van der Waals surface area contributed by atoms with Crippen molar-refractivity contribution < 1.29 is 9.59 Å². The summed E-state index contributed by atoms with van der Waals surface area (Å²) in [5.41, 5.74) is 2.63. The van der Waals surface area contributed by atoms with Crippen LogP contribution in [-0.4, -0.2) is 22.8 Å². The second-order valence-corrected chi connectivity index (χ2v) is 7.61. The highest BCUT2D eigenvalue weighted by Crippen LogP contribution is 2.18. The third kappa shape index (κ3) is 6.02. The molecule has 0 saturated carbocycles. The zero-order valence-electron chi connectivity index (χ0n) is 13.5. The second-order valence-electron chi connectivity index (χ2n) is 5.37. The van der Waals surface area contributed by atoms with Crippen molar-refractivity contribution in [3.05, 3.63) is 58.6 Å². The van der Waals surface area contributed by atoms with Crippen molar-refractivity contribution in [1.82, 2.24) is 0 Å². The van der Waals surface area contributed by atoms with Crippen molar-refractivity contribution in [2.75, 3.05) is 16.4 Å². The molecule has 24 heavy (non-hydrogen) atoms. The SMILES string of the molecule is Cc1ccc(NC(=O)CSC(C)C(=O)Nc2cccc(Br)c2)cc1. The highest BCUT2D eigenvalue weighted by atomic mass is 79.9. The molecule has 0 spiro atoms. The van der Waals surface area contributed by atoms with E-state index in [4.69, 9.17) is 0 Å². The minimum atomic E-state index is -0.326. The fourth-order valence-corrected chi connectivity index (χ4v) is 3.00. The molecule has 4 nitrogen and oxygen atoms in total. The number of amides is 2. The molecule has 0 radical (unpaired) electrons. The number of hydrogen-bond donors (Lipinski definition) is 2. The molecular formula is C18H19BrN2O2S. The molecule has 1 atom stereocenters. The number of carbonyl (C=O) groups excluding carboxylic acids is 2. The van der Waals surface area contributed by atoms with Gasteiger partial charge in [-0.3, -0.25) is 9.59 Å². The van der Waals surface area contributed by atoms with Gasteiger partial charge in [0.2, 0.25) is 11.8 Å². The van der Waals surface area contributed by atoms with E-state index in [2.05, 4.69) is 26.6 Å². The summed E-state index contributed by atoms with van der Waals surface area (Å²) in [7, 11) is 0. The minimum Gasteiger partial charge on any atom is -0.325 e. The molecule has 2 aromatic rings. The smallest absolute Gasteiger partial charge is 0.237 e. The normalized spacial score (nSPS) is 11.6. The molecule has 0 heterocycles. The molecule has 0 aliphatic heterocycles. The Labute approximate surface area is 154 Å². The molecule has 1 unspecified atom stereocenters. The number of nitrogens with one attached hydrogen (secondary N) is 2. The largest absolute Gasteiger partial charge is 0.325 e. The van der Waals surface area contributed by atoms with Crippen molar-refractivity contribution in [2.24, 2.45) is 0 Å². The van der Waals surface area contributed by atoms with E-state index >= 15 is 0 Å². The topological polar surface area (TPSA) is 58.2 Å². The molecule has 0 fully saturated rings. The van der Waals surface area contributed by atoms with Crippen molar-refractivity contribution in [1.29, 1.82) is 0 Å². The van der Waals surface area contributed by atoms with Crippen molar-refractivity contribution in [3.63, 3.8) is 0 Å². The lowest BCUT2D eigenvalue weighted by atomic mass is 10.2. The molecule has 0 bridgehead atoms. The van der Waals surface area contributed by atoms with Gasteiger partial charge < -0.3 is 10.6 Å². The van der Waals surface area contributed by atoms with Gasteiger partial charge in [0.1, 0.15) is 0 Å². The summed E-state index contributed by atoms with van der Waals surface area (Å²) in [6.07, 6.45) is 0. The lowest BCUT2D eigenvalue weighted by molar-refractivity contribution is -0.115. The molecule has 2 N–H and O–H groups in total. The Morgan fingerprint density at radius 1 is 1.08 bits per heavy atom. The zero-order valence-corrected chi connectivity index (χ0v) is 15.9. The first-order valence-electron chi connectivity index (χ1n) is 7.48. The summed E-state index contributed by atoms with van der Waals surface area (Å²) in [4.78, 5) is 24.1. The van der Waals surface area contributed by atoms with Crippen LogP contribution in [0.15, 0.2) is 53.0 Å². The van der Waals surface area contributed by atoms with Gasteiger partial charge in [0.25, 0.3) is 0 Å². The van der Waals surface area contributed by atoms with E-state index in [1.54, 1.807) is 6.92 Å². The molecule has 6 heteroatoms. The van der Waals surface area contributed by atoms with Crippen LogP contribution >= 0.6 is 27.7 Å². The lowest BCUT2D eigenvalue weighted by Crippen LogP contribution is -2.25. The van der Waals surface area contributed by atoms with Crippen LogP contribution < -0.4 is 10.6 Å². The Kier molecular flexibility index (Phi) is 6.87. The number of halogens is 1. The third-order valence-electron chi connectivity index (χ3n) is 3.26. The Balaban J connectivity index is 1.79. The first kappa shape index (κ1) is 18.5. The molecule has 0 saturated heterocycles. The number of aryl methyl sites for hydroxylation is 1. The average molecular weight is 407 g/mol. The molecule has 2 amide bonds. The van der Waals surface area contributed by atoms with Crippen LogP contribution in [0.25, 0.3) is 0 Å². The number of benzene rings is 2. The van der Waals surface area contributed by atoms with Gasteiger partial charge in [0, 0.05) is 15.8 Å². The maximum atomic E-state index is 12.2. The summed E-state index contributed by atoms with van der Waals surface area (Å²) in [5.74, 6) is -0.0202. The lowest BCUT2D eigenvalue weighted by Gasteiger charge is -2.12. The van der Waals surface area contributed by atoms with Gasteiger partial charge in [0.15, 0.2) is 0 Å². The van der Waals surface area contributed by atoms with Crippen LogP contribution in [0.5, 0.6) is 0 Å². The van der Waals surface area contributed by atoms with Crippen molar-refractivity contribution in [2.45, 2.75) is 19.1 Å². The van der Waals surface area contributed by atoms with Crippen molar-refractivity contribution >= 4 is 50.9 Å². The van der Waals surface area contributed by atoms with Gasteiger partial charge in [-0.05, 0) is 44.2 Å². The highest BCUT2D eigenvalue weighted by molar-refractivity contribution is 9.10. The second kappa shape index (κ2) is 8.89. The quantitative estimate of drug-likeness (QED) is 0.744. The number of anilines is 2. The van der Waals surface area contributed by atoms with E-state index in [9.17, 15) is 9.59 Å². The fourth-order valence-electron chi connectivity index (χ4n) is 1.92. The van der Waals surface area contributed by atoms with Gasteiger partial charge in [0.05, 0.1) is 11.0 Å². The van der Waals surface area contributed by atoms with Crippen molar-refractivity contribution in [3.8, 4) is 0 Å². The summed E-state index contributed by atoms with van der Waals surface area (Å²) in [5, 5.41) is 5.34. The maximum Gasteiger partial charge on any atom is 0.237 e. The van der Waals surface area contributed by atoms with E-state index in [-0.39, 0.29) is 22.8 Å². The zero-order chi connectivity index (χ0) is 17.5. The molecule has 2 rings (SSSR count). The third-order valence-corrected chi connectivity index (χ3v) is 4.90. The summed E-state index contributed by atoms with van der Waals surface area (Å²) in [6, 6.07) is 15.0. The van der Waals surface area contributed by atoms with Crippen LogP contribution in [0.4, 0.5) is 11.4 Å². The first-order chi connectivity index (χ1) is 11.4. The molecule has 2 aromatic carbocycles. The van der Waals surface area contributed by atoms with E-state index in [0.717, 1.165) is 21.4 Å². The Hall–Kier alpha value is -1.79. The standard InChI is InChI=1S/C18H19BrN2O2S/c1-12-6-8-15(9-7-12)20-17(22)11-24-13(2)18(23)21-16-5-3-4-14(19)10-16/h3-10,13H,11H2,1-2H3,(H,20,22)(H,21,23). The van der Waals surface area contributed by atoms with Gasteiger partial charge in [-0.15, -0.1) is 11.8 Å². The first-order valence-corrected chi connectivity index (χ1v) is 9.33. The predicted molar refractivity (Wildman–Crippen MR) is 105 cm³/mol. The van der Waals surface area contributed by atoms with E-state index in [0.29, 0.717) is 0 Å². The molecule has 0 aliphatic carbocycles. The number of hydrogen-bond acceptors (Lipinski definition) is 3. The minimum absolute atomic E-state index is 0.119. The fraction of sp³-hybridized carbons (Fsp3) is 0.222. The van der Waals surface area contributed by atoms with Crippen LogP contribution in [0, 0.1) is 6.92 Å². The van der Waals surface area contributed by atoms with E-state index < -0.39 is 0 Å². The van der Waals surface area contributed by atoms with Gasteiger partial charge in [-0.2, -0.15) is 0 Å². The number of thioether (sulfide) groups is 1. The highest BCUT2D eigenvalue weighted by Gasteiger charge is 2.15. The van der Waals surface area contributed by atoms with E-state index in [1.807, 2.05) is 55.5 Å².